The van der Waals surface area contributed by atoms with Gasteiger partial charge in [-0.25, -0.2) is 10.4 Å². The molecule has 0 unspecified atom stereocenters. The first kappa shape index (κ1) is 16.0. The van der Waals surface area contributed by atoms with Gasteiger partial charge < -0.3 is 0 Å². The third-order valence-corrected chi connectivity index (χ3v) is 1.60. The molecule has 1 aromatic rings. The largest absolute Gasteiger partial charge is 0.242 e. The fourth-order valence-electron chi connectivity index (χ4n) is 0.932. The normalized spacial score (nSPS) is 7.27. The van der Waals surface area contributed by atoms with Crippen LogP contribution in [0.5, 0.6) is 0 Å². The summed E-state index contributed by atoms with van der Waals surface area (Å²) >= 11 is 0. The predicted molar refractivity (Wildman–Crippen MR) is 68.0 cm³/mol. The minimum absolute atomic E-state index is 1.14. The van der Waals surface area contributed by atoms with E-state index in [4.69, 9.17) is 5.41 Å². The first-order valence-corrected chi connectivity index (χ1v) is 5.30. The van der Waals surface area contributed by atoms with E-state index >= 15 is 0 Å². The van der Waals surface area contributed by atoms with Crippen LogP contribution in [-0.4, -0.2) is 13.1 Å². The van der Waals surface area contributed by atoms with E-state index < -0.39 is 0 Å². The van der Waals surface area contributed by atoms with E-state index in [-0.39, 0.29) is 0 Å². The second-order valence-corrected chi connectivity index (χ2v) is 2.68. The Morgan fingerprint density at radius 2 is 1.87 bits per heavy atom. The van der Waals surface area contributed by atoms with Crippen LogP contribution in [0.4, 0.5) is 0 Å². The SMILES string of the molecule is CC.CCc1cccc(C)c1.CN=C=N. The Labute approximate surface area is 93.6 Å². The summed E-state index contributed by atoms with van der Waals surface area (Å²) in [5.41, 5.74) is 2.78. The van der Waals surface area contributed by atoms with Crippen LogP contribution in [0.1, 0.15) is 31.9 Å². The lowest BCUT2D eigenvalue weighted by Crippen LogP contribution is -1.78. The van der Waals surface area contributed by atoms with E-state index in [0.717, 1.165) is 6.42 Å². The summed E-state index contributed by atoms with van der Waals surface area (Å²) in [6, 6.07) is 10.4. The third kappa shape index (κ3) is 10.5. The molecule has 0 saturated carbocycles. The quantitative estimate of drug-likeness (QED) is 0.675. The molecular weight excluding hydrogens is 184 g/mol. The maximum atomic E-state index is 6.03. The molecule has 2 nitrogen and oxygen atoms in total. The van der Waals surface area contributed by atoms with Crippen molar-refractivity contribution in [1.29, 1.82) is 5.41 Å². The number of nitrogens with zero attached hydrogens (tertiary/aromatic N) is 1. The van der Waals surface area contributed by atoms with Gasteiger partial charge in [0.2, 0.25) is 0 Å². The molecule has 0 fully saturated rings. The van der Waals surface area contributed by atoms with Crippen LogP contribution in [0.15, 0.2) is 29.3 Å². The average Bonchev–Trinajstić information content (AvgIpc) is 2.32. The Morgan fingerprint density at radius 3 is 2.13 bits per heavy atom. The highest BCUT2D eigenvalue weighted by atomic mass is 14.7. The Bertz CT molecular complexity index is 286. The van der Waals surface area contributed by atoms with Gasteiger partial charge in [-0.3, -0.25) is 0 Å². The molecule has 0 amide bonds. The summed E-state index contributed by atoms with van der Waals surface area (Å²) in [6.07, 6.45) is 1.14. The van der Waals surface area contributed by atoms with Gasteiger partial charge in [0.1, 0.15) is 0 Å². The molecule has 0 aromatic heterocycles. The van der Waals surface area contributed by atoms with E-state index in [1.165, 1.54) is 18.2 Å². The lowest BCUT2D eigenvalue weighted by Gasteiger charge is -1.95. The van der Waals surface area contributed by atoms with Crippen molar-refractivity contribution in [3.63, 3.8) is 0 Å². The fraction of sp³-hybridized carbons (Fsp3) is 0.462. The van der Waals surface area contributed by atoms with Gasteiger partial charge >= 0.3 is 0 Å². The first-order valence-electron chi connectivity index (χ1n) is 5.30. The molecule has 1 aromatic carbocycles. The van der Waals surface area contributed by atoms with Gasteiger partial charge in [0.15, 0.2) is 0 Å². The fourth-order valence-corrected chi connectivity index (χ4v) is 0.932. The van der Waals surface area contributed by atoms with Gasteiger partial charge in [0, 0.05) is 7.05 Å². The number of benzene rings is 1. The molecule has 84 valence electrons. The Balaban J connectivity index is 0. The van der Waals surface area contributed by atoms with Crippen LogP contribution in [0.3, 0.4) is 0 Å². The Kier molecular flexibility index (Phi) is 13.5. The zero-order chi connectivity index (χ0) is 12.1. The number of aliphatic imine (C=N–C) groups is 1. The molecular formula is C13H22N2. The number of nitrogens with one attached hydrogen (secondary N) is 1. The maximum absolute atomic E-state index is 6.03. The van der Waals surface area contributed by atoms with E-state index in [1.807, 2.05) is 13.8 Å². The molecule has 0 aliphatic rings. The van der Waals surface area contributed by atoms with Crippen molar-refractivity contribution in [3.05, 3.63) is 35.4 Å². The van der Waals surface area contributed by atoms with Gasteiger partial charge in [-0.05, 0) is 18.9 Å². The van der Waals surface area contributed by atoms with Crippen molar-refractivity contribution in [2.75, 3.05) is 7.05 Å². The van der Waals surface area contributed by atoms with Gasteiger partial charge in [-0.15, -0.1) is 0 Å². The van der Waals surface area contributed by atoms with Gasteiger partial charge in [0.25, 0.3) is 0 Å². The van der Waals surface area contributed by atoms with Crippen LogP contribution >= 0.6 is 0 Å². The monoisotopic (exact) mass is 206 g/mol. The maximum Gasteiger partial charge on any atom is 0.0859 e. The number of hydrogen-bond acceptors (Lipinski definition) is 2. The van der Waals surface area contributed by atoms with E-state index in [9.17, 15) is 0 Å². The molecule has 0 heterocycles. The third-order valence-electron chi connectivity index (χ3n) is 1.60. The van der Waals surface area contributed by atoms with Crippen LogP contribution in [-0.2, 0) is 6.42 Å². The Hall–Kier alpha value is -1.40. The molecule has 2 heteroatoms. The van der Waals surface area contributed by atoms with Crippen molar-refractivity contribution in [2.45, 2.75) is 34.1 Å². The molecule has 0 bridgehead atoms. The summed E-state index contributed by atoms with van der Waals surface area (Å²) in [5.74, 6) is 0. The van der Waals surface area contributed by atoms with Crippen LogP contribution in [0.2, 0.25) is 0 Å². The van der Waals surface area contributed by atoms with E-state index in [2.05, 4.69) is 43.1 Å². The second-order valence-electron chi connectivity index (χ2n) is 2.68. The predicted octanol–water partition coefficient (Wildman–Crippen LogP) is 3.95. The van der Waals surface area contributed by atoms with Crippen LogP contribution in [0, 0.1) is 12.3 Å². The zero-order valence-corrected chi connectivity index (χ0v) is 10.5. The summed E-state index contributed by atoms with van der Waals surface area (Å²) in [6.45, 7) is 8.30. The molecule has 0 spiro atoms. The van der Waals surface area contributed by atoms with Crippen molar-refractivity contribution >= 4 is 6.01 Å². The molecule has 0 atom stereocenters. The molecule has 0 radical (unpaired) electrons. The molecule has 0 aliphatic heterocycles. The Morgan fingerprint density at radius 1 is 1.33 bits per heavy atom. The number of hydrogen-bond donors (Lipinski definition) is 1. The lowest BCUT2D eigenvalue weighted by atomic mass is 10.1. The molecule has 0 saturated heterocycles. The number of aryl methyl sites for hydroxylation is 2. The van der Waals surface area contributed by atoms with Crippen LogP contribution in [0.25, 0.3) is 0 Å². The summed E-state index contributed by atoms with van der Waals surface area (Å²) < 4.78 is 0. The van der Waals surface area contributed by atoms with Crippen molar-refractivity contribution in [3.8, 4) is 0 Å². The highest BCUT2D eigenvalue weighted by Gasteiger charge is 1.85. The molecule has 1 N–H and O–H groups in total. The van der Waals surface area contributed by atoms with E-state index in [1.54, 1.807) is 6.01 Å². The van der Waals surface area contributed by atoms with Crippen molar-refractivity contribution < 1.29 is 0 Å². The number of rotatable bonds is 1. The van der Waals surface area contributed by atoms with Gasteiger partial charge in [0.05, 0.1) is 6.01 Å². The minimum Gasteiger partial charge on any atom is -0.242 e. The summed E-state index contributed by atoms with van der Waals surface area (Å²) in [7, 11) is 1.51. The van der Waals surface area contributed by atoms with Gasteiger partial charge in [-0.2, -0.15) is 0 Å². The second kappa shape index (κ2) is 12.6. The van der Waals surface area contributed by atoms with Crippen molar-refractivity contribution in [1.82, 2.24) is 0 Å². The highest BCUT2D eigenvalue weighted by Crippen LogP contribution is 2.03. The van der Waals surface area contributed by atoms with Gasteiger partial charge in [-0.1, -0.05) is 50.6 Å². The smallest absolute Gasteiger partial charge is 0.0859 e. The molecule has 0 aliphatic carbocycles. The standard InChI is InChI=1S/C9H12.C2H4N2.C2H6/c1-3-9-6-4-5-8(2)7-9;1-4-2-3;1-2/h4-7H,3H2,1-2H3;3H,1H3;1-2H3. The zero-order valence-electron chi connectivity index (χ0n) is 10.5. The average molecular weight is 206 g/mol. The van der Waals surface area contributed by atoms with E-state index in [0.29, 0.717) is 0 Å². The van der Waals surface area contributed by atoms with Crippen LogP contribution < -0.4 is 0 Å². The highest BCUT2D eigenvalue weighted by molar-refractivity contribution is 5.34. The van der Waals surface area contributed by atoms with Crippen molar-refractivity contribution in [2.24, 2.45) is 4.99 Å². The molecule has 15 heavy (non-hydrogen) atoms. The topological polar surface area (TPSA) is 36.2 Å². The first-order chi connectivity index (χ1) is 7.24. The summed E-state index contributed by atoms with van der Waals surface area (Å²) in [4.78, 5) is 3.15. The summed E-state index contributed by atoms with van der Waals surface area (Å²) in [5, 5.41) is 6.03. The minimum atomic E-state index is 1.14. The lowest BCUT2D eigenvalue weighted by molar-refractivity contribution is 1.13. The molecule has 1 rings (SSSR count).